The molecule has 1 aliphatic rings. The van der Waals surface area contributed by atoms with Gasteiger partial charge >= 0.3 is 0 Å². The number of nitrogens with one attached hydrogen (secondary N) is 1. The number of hydrogen-bond acceptors (Lipinski definition) is 2. The Balaban J connectivity index is 2.22. The minimum atomic E-state index is 0.672. The van der Waals surface area contributed by atoms with Gasteiger partial charge in [0.1, 0.15) is 0 Å². The van der Waals surface area contributed by atoms with E-state index < -0.39 is 0 Å². The van der Waals surface area contributed by atoms with E-state index in [0.717, 1.165) is 12.5 Å². The van der Waals surface area contributed by atoms with Gasteiger partial charge in [-0.1, -0.05) is 22.6 Å². The zero-order valence-corrected chi connectivity index (χ0v) is 7.60. The number of hydrogen-bond donors (Lipinski definition) is 2. The van der Waals surface area contributed by atoms with E-state index >= 15 is 0 Å². The Kier molecular flexibility index (Phi) is 3.21. The molecule has 54 valence electrons. The van der Waals surface area contributed by atoms with Crippen molar-refractivity contribution >= 4 is 22.6 Å². The van der Waals surface area contributed by atoms with E-state index in [1.165, 1.54) is 19.4 Å². The van der Waals surface area contributed by atoms with Gasteiger partial charge in [-0.2, -0.15) is 0 Å². The van der Waals surface area contributed by atoms with Crippen LogP contribution in [0.15, 0.2) is 0 Å². The SMILES string of the molecule is NCCC1CCNC1I. The monoisotopic (exact) mass is 240 g/mol. The molecule has 1 aliphatic heterocycles. The van der Waals surface area contributed by atoms with E-state index in [1.54, 1.807) is 0 Å². The van der Waals surface area contributed by atoms with Crippen LogP contribution < -0.4 is 11.1 Å². The molecule has 2 nitrogen and oxygen atoms in total. The van der Waals surface area contributed by atoms with Crippen molar-refractivity contribution in [2.45, 2.75) is 16.9 Å². The predicted molar refractivity (Wildman–Crippen MR) is 47.6 cm³/mol. The molecule has 1 heterocycles. The molecule has 0 aromatic rings. The Morgan fingerprint density at radius 1 is 1.67 bits per heavy atom. The number of nitrogens with two attached hydrogens (primary N) is 1. The molecule has 0 spiro atoms. The zero-order valence-electron chi connectivity index (χ0n) is 5.44. The van der Waals surface area contributed by atoms with E-state index in [9.17, 15) is 0 Å². The number of alkyl halides is 1. The Labute approximate surface area is 69.7 Å². The Morgan fingerprint density at radius 3 is 2.89 bits per heavy atom. The lowest BCUT2D eigenvalue weighted by atomic mass is 10.1. The van der Waals surface area contributed by atoms with E-state index in [-0.39, 0.29) is 0 Å². The second-order valence-electron chi connectivity index (χ2n) is 2.48. The summed E-state index contributed by atoms with van der Waals surface area (Å²) in [6.45, 7) is 2.02. The molecule has 3 heteroatoms. The average molecular weight is 240 g/mol. The Bertz CT molecular complexity index is 87.1. The minimum absolute atomic E-state index is 0.672. The van der Waals surface area contributed by atoms with Gasteiger partial charge in [0.05, 0.1) is 4.05 Å². The molecule has 0 aliphatic carbocycles. The highest BCUT2D eigenvalue weighted by Crippen LogP contribution is 2.22. The van der Waals surface area contributed by atoms with Crippen molar-refractivity contribution in [2.24, 2.45) is 11.7 Å². The van der Waals surface area contributed by atoms with E-state index in [0.29, 0.717) is 4.05 Å². The fourth-order valence-corrected chi connectivity index (χ4v) is 2.25. The molecular formula is C6H13IN2. The van der Waals surface area contributed by atoms with E-state index in [2.05, 4.69) is 27.9 Å². The van der Waals surface area contributed by atoms with Crippen LogP contribution >= 0.6 is 22.6 Å². The van der Waals surface area contributed by atoms with Crippen molar-refractivity contribution in [1.82, 2.24) is 5.32 Å². The Morgan fingerprint density at radius 2 is 2.44 bits per heavy atom. The molecule has 1 rings (SSSR count). The lowest BCUT2D eigenvalue weighted by molar-refractivity contribution is 0.528. The fraction of sp³-hybridized carbons (Fsp3) is 1.00. The topological polar surface area (TPSA) is 38.0 Å². The molecule has 0 aromatic carbocycles. The van der Waals surface area contributed by atoms with Crippen LogP contribution in [0.1, 0.15) is 12.8 Å². The van der Waals surface area contributed by atoms with Crippen LogP contribution in [0.5, 0.6) is 0 Å². The largest absolute Gasteiger partial charge is 0.330 e. The summed E-state index contributed by atoms with van der Waals surface area (Å²) >= 11 is 2.45. The van der Waals surface area contributed by atoms with Crippen molar-refractivity contribution in [3.63, 3.8) is 0 Å². The second kappa shape index (κ2) is 3.73. The molecule has 0 saturated carbocycles. The highest BCUT2D eigenvalue weighted by Gasteiger charge is 2.22. The highest BCUT2D eigenvalue weighted by molar-refractivity contribution is 14.1. The van der Waals surface area contributed by atoms with Gasteiger partial charge in [0.2, 0.25) is 0 Å². The summed E-state index contributed by atoms with van der Waals surface area (Å²) in [7, 11) is 0. The molecule has 1 fully saturated rings. The van der Waals surface area contributed by atoms with Gasteiger partial charge < -0.3 is 11.1 Å². The summed E-state index contributed by atoms with van der Waals surface area (Å²) in [6.07, 6.45) is 2.49. The standard InChI is InChI=1S/C6H13IN2/c7-6-5(1-3-8)2-4-9-6/h5-6,9H,1-4,8H2. The van der Waals surface area contributed by atoms with Gasteiger partial charge in [-0.05, 0) is 31.8 Å². The van der Waals surface area contributed by atoms with E-state index in [4.69, 9.17) is 5.73 Å². The van der Waals surface area contributed by atoms with Crippen molar-refractivity contribution in [3.8, 4) is 0 Å². The minimum Gasteiger partial charge on any atom is -0.330 e. The Hall–Kier alpha value is 0.650. The third-order valence-corrected chi connectivity index (χ3v) is 3.26. The molecule has 9 heavy (non-hydrogen) atoms. The summed E-state index contributed by atoms with van der Waals surface area (Å²) in [6, 6.07) is 0. The van der Waals surface area contributed by atoms with Gasteiger partial charge in [-0.3, -0.25) is 0 Å². The molecule has 2 atom stereocenters. The van der Waals surface area contributed by atoms with Crippen LogP contribution in [0.4, 0.5) is 0 Å². The first-order valence-electron chi connectivity index (χ1n) is 3.42. The molecular weight excluding hydrogens is 227 g/mol. The molecule has 0 radical (unpaired) electrons. The van der Waals surface area contributed by atoms with Gasteiger partial charge in [0.25, 0.3) is 0 Å². The lowest BCUT2D eigenvalue weighted by Crippen LogP contribution is -2.21. The number of halogens is 1. The normalized spacial score (nSPS) is 35.3. The third-order valence-electron chi connectivity index (χ3n) is 1.81. The first kappa shape index (κ1) is 7.75. The summed E-state index contributed by atoms with van der Waals surface area (Å²) < 4.78 is 0.672. The maximum absolute atomic E-state index is 5.44. The summed E-state index contributed by atoms with van der Waals surface area (Å²) in [5.74, 6) is 0.829. The summed E-state index contributed by atoms with van der Waals surface area (Å²) in [4.78, 5) is 0. The van der Waals surface area contributed by atoms with Crippen LogP contribution in [0.2, 0.25) is 0 Å². The maximum atomic E-state index is 5.44. The van der Waals surface area contributed by atoms with Gasteiger partial charge in [0.15, 0.2) is 0 Å². The van der Waals surface area contributed by atoms with Crippen molar-refractivity contribution in [3.05, 3.63) is 0 Å². The molecule has 1 saturated heterocycles. The maximum Gasteiger partial charge on any atom is 0.0623 e. The summed E-state index contributed by atoms with van der Waals surface area (Å²) in [5.41, 5.74) is 5.44. The molecule has 3 N–H and O–H groups in total. The third kappa shape index (κ3) is 2.05. The van der Waals surface area contributed by atoms with Crippen molar-refractivity contribution in [1.29, 1.82) is 0 Å². The van der Waals surface area contributed by atoms with E-state index in [1.807, 2.05) is 0 Å². The molecule has 0 aromatic heterocycles. The van der Waals surface area contributed by atoms with Gasteiger partial charge in [-0.15, -0.1) is 0 Å². The fourth-order valence-electron chi connectivity index (χ4n) is 1.22. The molecule has 0 bridgehead atoms. The van der Waals surface area contributed by atoms with Crippen molar-refractivity contribution in [2.75, 3.05) is 13.1 Å². The highest BCUT2D eigenvalue weighted by atomic mass is 127. The summed E-state index contributed by atoms with van der Waals surface area (Å²) in [5, 5.41) is 3.39. The number of rotatable bonds is 2. The van der Waals surface area contributed by atoms with Crippen LogP contribution in [0.25, 0.3) is 0 Å². The van der Waals surface area contributed by atoms with Gasteiger partial charge in [-0.25, -0.2) is 0 Å². The lowest BCUT2D eigenvalue weighted by Gasteiger charge is -2.10. The smallest absolute Gasteiger partial charge is 0.0623 e. The molecule has 0 amide bonds. The van der Waals surface area contributed by atoms with Crippen LogP contribution in [0.3, 0.4) is 0 Å². The van der Waals surface area contributed by atoms with Crippen LogP contribution in [0, 0.1) is 5.92 Å². The van der Waals surface area contributed by atoms with Crippen LogP contribution in [-0.4, -0.2) is 17.1 Å². The second-order valence-corrected chi connectivity index (χ2v) is 3.82. The zero-order chi connectivity index (χ0) is 6.69. The average Bonchev–Trinajstić information content (AvgIpc) is 2.18. The van der Waals surface area contributed by atoms with Crippen molar-refractivity contribution < 1.29 is 0 Å². The predicted octanol–water partition coefficient (Wildman–Crippen LogP) is 0.706. The first-order chi connectivity index (χ1) is 4.34. The first-order valence-corrected chi connectivity index (χ1v) is 4.66. The van der Waals surface area contributed by atoms with Crippen LogP contribution in [-0.2, 0) is 0 Å². The molecule has 2 unspecified atom stereocenters. The van der Waals surface area contributed by atoms with Gasteiger partial charge in [0, 0.05) is 0 Å². The quantitative estimate of drug-likeness (QED) is 0.423.